The quantitative estimate of drug-likeness (QED) is 0.360. The zero-order chi connectivity index (χ0) is 20.6. The highest BCUT2D eigenvalue weighted by Gasteiger charge is 2.42. The van der Waals surface area contributed by atoms with E-state index in [1.54, 1.807) is 18.2 Å². The van der Waals surface area contributed by atoms with Crippen molar-refractivity contribution in [3.8, 4) is 16.9 Å². The van der Waals surface area contributed by atoms with Crippen LogP contribution in [0.3, 0.4) is 0 Å². The zero-order valence-corrected chi connectivity index (χ0v) is 14.2. The number of hydrogen-bond acceptors (Lipinski definition) is 1. The lowest BCUT2D eigenvalue weighted by Gasteiger charge is -2.21. The molecule has 0 saturated heterocycles. The Hall–Kier alpha value is -3.03. The van der Waals surface area contributed by atoms with Gasteiger partial charge in [0.15, 0.2) is 17.5 Å². The second kappa shape index (κ2) is 7.18. The van der Waals surface area contributed by atoms with Crippen LogP contribution >= 0.6 is 0 Å². The summed E-state index contributed by atoms with van der Waals surface area (Å²) in [4.78, 5) is 0. The van der Waals surface area contributed by atoms with Crippen molar-refractivity contribution in [1.82, 2.24) is 0 Å². The van der Waals surface area contributed by atoms with E-state index in [1.165, 1.54) is 12.1 Å². The Kier molecular flexibility index (Phi) is 5.06. The number of rotatable bonds is 4. The fourth-order valence-corrected chi connectivity index (χ4v) is 2.61. The van der Waals surface area contributed by atoms with Crippen molar-refractivity contribution in [2.45, 2.75) is 13.0 Å². The molecule has 0 fully saturated rings. The van der Waals surface area contributed by atoms with Crippen LogP contribution in [-0.2, 0) is 6.11 Å². The maximum absolute atomic E-state index is 14.4. The first-order chi connectivity index (χ1) is 13.1. The number of benzene rings is 3. The van der Waals surface area contributed by atoms with Gasteiger partial charge in [-0.3, -0.25) is 0 Å². The lowest BCUT2D eigenvalue weighted by Crippen LogP contribution is -2.26. The third-order valence-corrected chi connectivity index (χ3v) is 4.04. The number of hydrogen-bond donors (Lipinski definition) is 0. The summed E-state index contributed by atoms with van der Waals surface area (Å²) in [5.74, 6) is -9.74. The summed E-state index contributed by atoms with van der Waals surface area (Å²) in [5.41, 5.74) is -2.13. The van der Waals surface area contributed by atoms with Crippen molar-refractivity contribution in [1.29, 1.82) is 0 Å². The Labute approximate surface area is 155 Å². The predicted molar refractivity (Wildman–Crippen MR) is 87.4 cm³/mol. The molecular formula is C20H11F7O. The first-order valence-corrected chi connectivity index (χ1v) is 7.87. The van der Waals surface area contributed by atoms with Gasteiger partial charge in [-0.05, 0) is 30.2 Å². The molecule has 0 bridgehead atoms. The van der Waals surface area contributed by atoms with Gasteiger partial charge < -0.3 is 4.74 Å². The van der Waals surface area contributed by atoms with Gasteiger partial charge in [0.1, 0.15) is 22.9 Å². The monoisotopic (exact) mass is 400 g/mol. The third-order valence-electron chi connectivity index (χ3n) is 4.04. The molecule has 0 aliphatic rings. The van der Waals surface area contributed by atoms with Crippen LogP contribution in [0.2, 0.25) is 0 Å². The Morgan fingerprint density at radius 1 is 0.714 bits per heavy atom. The average molecular weight is 400 g/mol. The number of ether oxygens (including phenoxy) is 1. The van der Waals surface area contributed by atoms with E-state index in [4.69, 9.17) is 0 Å². The van der Waals surface area contributed by atoms with Crippen LogP contribution in [0.25, 0.3) is 11.1 Å². The van der Waals surface area contributed by atoms with Crippen LogP contribution in [-0.4, -0.2) is 0 Å². The Bertz CT molecular complexity index is 1010. The van der Waals surface area contributed by atoms with E-state index in [2.05, 4.69) is 4.74 Å². The molecule has 3 aromatic rings. The summed E-state index contributed by atoms with van der Waals surface area (Å²) in [5, 5.41) is 0. The molecule has 0 N–H and O–H groups in total. The second-order valence-electron chi connectivity index (χ2n) is 5.91. The van der Waals surface area contributed by atoms with Gasteiger partial charge >= 0.3 is 6.11 Å². The normalized spacial score (nSPS) is 11.6. The van der Waals surface area contributed by atoms with Crippen molar-refractivity contribution in [2.24, 2.45) is 0 Å². The molecular weight excluding hydrogens is 389 g/mol. The van der Waals surface area contributed by atoms with Crippen LogP contribution in [0.15, 0.2) is 48.5 Å². The fraction of sp³-hybridized carbons (Fsp3) is 0.100. The van der Waals surface area contributed by atoms with E-state index in [0.29, 0.717) is 17.7 Å². The number of halogens is 7. The van der Waals surface area contributed by atoms with Gasteiger partial charge in [0.2, 0.25) is 0 Å². The summed E-state index contributed by atoms with van der Waals surface area (Å²) in [7, 11) is 0. The van der Waals surface area contributed by atoms with Crippen LogP contribution in [0.1, 0.15) is 11.1 Å². The van der Waals surface area contributed by atoms with Crippen molar-refractivity contribution in [2.75, 3.05) is 0 Å². The highest BCUT2D eigenvalue weighted by Crippen LogP contribution is 2.38. The van der Waals surface area contributed by atoms with Gasteiger partial charge in [-0.2, -0.15) is 8.78 Å². The Balaban J connectivity index is 2.03. The van der Waals surface area contributed by atoms with Gasteiger partial charge in [-0.15, -0.1) is 0 Å². The van der Waals surface area contributed by atoms with Crippen LogP contribution in [0.5, 0.6) is 5.75 Å². The summed E-state index contributed by atoms with van der Waals surface area (Å²) in [6, 6.07) is 9.44. The van der Waals surface area contributed by atoms with Gasteiger partial charge in [0, 0.05) is 11.6 Å². The summed E-state index contributed by atoms with van der Waals surface area (Å²) < 4.78 is 102. The first-order valence-electron chi connectivity index (χ1n) is 7.87. The van der Waals surface area contributed by atoms with Crippen molar-refractivity contribution >= 4 is 0 Å². The molecule has 0 heterocycles. The first kappa shape index (κ1) is 19.7. The summed E-state index contributed by atoms with van der Waals surface area (Å²) in [6.07, 6.45) is -4.62. The van der Waals surface area contributed by atoms with Crippen LogP contribution < -0.4 is 4.74 Å². The largest absolute Gasteiger partial charge is 0.432 e. The molecule has 3 rings (SSSR count). The maximum atomic E-state index is 14.4. The SMILES string of the molecule is Cc1c(OC(F)(F)c2c(F)cc(-c3ccccc3)cc2F)cc(F)c(F)c1F. The van der Waals surface area contributed by atoms with Gasteiger partial charge in [0.05, 0.1) is 0 Å². The molecule has 0 aliphatic heterocycles. The summed E-state index contributed by atoms with van der Waals surface area (Å²) in [6.45, 7) is 0.856. The molecule has 0 saturated carbocycles. The lowest BCUT2D eigenvalue weighted by molar-refractivity contribution is -0.190. The molecule has 0 radical (unpaired) electrons. The third kappa shape index (κ3) is 3.54. The van der Waals surface area contributed by atoms with E-state index >= 15 is 0 Å². The van der Waals surface area contributed by atoms with E-state index in [0.717, 1.165) is 6.92 Å². The molecule has 0 spiro atoms. The minimum atomic E-state index is -4.62. The molecule has 8 heteroatoms. The molecule has 1 nitrogen and oxygen atoms in total. The van der Waals surface area contributed by atoms with Gasteiger partial charge in [-0.25, -0.2) is 22.0 Å². The molecule has 146 valence electrons. The minimum absolute atomic E-state index is 0.00482. The van der Waals surface area contributed by atoms with Crippen LogP contribution in [0, 0.1) is 36.0 Å². The Morgan fingerprint density at radius 2 is 1.29 bits per heavy atom. The van der Waals surface area contributed by atoms with E-state index in [-0.39, 0.29) is 11.6 Å². The number of alkyl halides is 2. The van der Waals surface area contributed by atoms with E-state index in [9.17, 15) is 30.7 Å². The van der Waals surface area contributed by atoms with E-state index < -0.39 is 52.1 Å². The standard InChI is InChI=1S/C20H11F7O/c1-10-16(9-15(23)19(25)18(10)24)28-20(26,27)17-13(21)7-12(8-14(17)22)11-5-3-2-4-6-11/h2-9H,1H3. The molecule has 28 heavy (non-hydrogen) atoms. The second-order valence-corrected chi connectivity index (χ2v) is 5.91. The molecule has 0 unspecified atom stereocenters. The van der Waals surface area contributed by atoms with Gasteiger partial charge in [0.25, 0.3) is 0 Å². The van der Waals surface area contributed by atoms with Crippen molar-refractivity contribution in [3.05, 3.63) is 88.7 Å². The van der Waals surface area contributed by atoms with Crippen molar-refractivity contribution in [3.63, 3.8) is 0 Å². The molecule has 3 aromatic carbocycles. The lowest BCUT2D eigenvalue weighted by atomic mass is 10.0. The maximum Gasteiger partial charge on any atom is 0.432 e. The predicted octanol–water partition coefficient (Wildman–Crippen LogP) is 6.49. The molecule has 0 aromatic heterocycles. The smallest absolute Gasteiger partial charge is 0.428 e. The zero-order valence-electron chi connectivity index (χ0n) is 14.2. The Morgan fingerprint density at radius 3 is 1.86 bits per heavy atom. The topological polar surface area (TPSA) is 9.23 Å². The molecule has 0 aliphatic carbocycles. The summed E-state index contributed by atoms with van der Waals surface area (Å²) >= 11 is 0. The van der Waals surface area contributed by atoms with Crippen LogP contribution in [0.4, 0.5) is 30.7 Å². The highest BCUT2D eigenvalue weighted by molar-refractivity contribution is 5.64. The fourth-order valence-electron chi connectivity index (χ4n) is 2.61. The van der Waals surface area contributed by atoms with Gasteiger partial charge in [-0.1, -0.05) is 30.3 Å². The average Bonchev–Trinajstić information content (AvgIpc) is 2.64. The minimum Gasteiger partial charge on any atom is -0.428 e. The molecule has 0 amide bonds. The highest BCUT2D eigenvalue weighted by atomic mass is 19.3. The van der Waals surface area contributed by atoms with Crippen molar-refractivity contribution < 1.29 is 35.5 Å². The molecule has 0 atom stereocenters. The van der Waals surface area contributed by atoms with E-state index in [1.807, 2.05) is 0 Å².